The number of hydrogen-bond acceptors (Lipinski definition) is 3. The maximum Gasteiger partial charge on any atom is 0.258 e. The molecule has 0 bridgehead atoms. The summed E-state index contributed by atoms with van der Waals surface area (Å²) in [5.74, 6) is 0.738. The Bertz CT molecular complexity index is 587. The summed E-state index contributed by atoms with van der Waals surface area (Å²) in [5.41, 5.74) is 0.699. The van der Waals surface area contributed by atoms with Crippen LogP contribution in [0.25, 0.3) is 10.9 Å². The van der Waals surface area contributed by atoms with Gasteiger partial charge in [-0.15, -0.1) is 0 Å². The lowest BCUT2D eigenvalue weighted by Crippen LogP contribution is -2.29. The van der Waals surface area contributed by atoms with Crippen molar-refractivity contribution in [2.75, 3.05) is 13.1 Å². The molecule has 4 nitrogen and oxygen atoms in total. The van der Waals surface area contributed by atoms with Crippen LogP contribution in [0.2, 0.25) is 0 Å². The molecular formula is C14H19N3O. The minimum atomic E-state index is -0.0605. The lowest BCUT2D eigenvalue weighted by Gasteiger charge is -2.25. The number of aromatic nitrogens is 2. The fourth-order valence-corrected chi connectivity index (χ4v) is 2.25. The van der Waals surface area contributed by atoms with Crippen molar-refractivity contribution >= 4 is 10.9 Å². The Morgan fingerprint density at radius 2 is 1.94 bits per heavy atom. The van der Waals surface area contributed by atoms with Gasteiger partial charge in [-0.2, -0.15) is 0 Å². The molecule has 0 aliphatic carbocycles. The predicted molar refractivity (Wildman–Crippen MR) is 73.7 cm³/mol. The van der Waals surface area contributed by atoms with Crippen LogP contribution < -0.4 is 5.56 Å². The number of fused-ring (bicyclic) bond motifs is 1. The van der Waals surface area contributed by atoms with Gasteiger partial charge in [-0.3, -0.25) is 9.69 Å². The number of aromatic amines is 1. The van der Waals surface area contributed by atoms with Crippen LogP contribution in [-0.2, 0) is 0 Å². The molecule has 0 saturated carbocycles. The zero-order chi connectivity index (χ0) is 13.1. The van der Waals surface area contributed by atoms with E-state index in [1.165, 1.54) is 0 Å². The Morgan fingerprint density at radius 3 is 2.61 bits per heavy atom. The minimum Gasteiger partial charge on any atom is -0.309 e. The number of benzene rings is 1. The SMILES string of the molecule is CCN(CC)[C@H](C)c1nc2ccccc2c(=O)[nH]1. The molecule has 0 radical (unpaired) electrons. The van der Waals surface area contributed by atoms with E-state index in [9.17, 15) is 4.79 Å². The van der Waals surface area contributed by atoms with Gasteiger partial charge in [0.1, 0.15) is 5.82 Å². The molecule has 1 aromatic carbocycles. The van der Waals surface area contributed by atoms with Crippen LogP contribution in [-0.4, -0.2) is 28.0 Å². The van der Waals surface area contributed by atoms with Crippen LogP contribution in [0, 0.1) is 0 Å². The lowest BCUT2D eigenvalue weighted by molar-refractivity contribution is 0.226. The van der Waals surface area contributed by atoms with Crippen molar-refractivity contribution in [2.45, 2.75) is 26.8 Å². The van der Waals surface area contributed by atoms with E-state index in [0.717, 1.165) is 24.4 Å². The largest absolute Gasteiger partial charge is 0.309 e. The minimum absolute atomic E-state index is 0.0605. The molecule has 0 unspecified atom stereocenters. The first kappa shape index (κ1) is 12.8. The van der Waals surface area contributed by atoms with Gasteiger partial charge in [0.05, 0.1) is 16.9 Å². The van der Waals surface area contributed by atoms with Gasteiger partial charge in [0.2, 0.25) is 0 Å². The van der Waals surface area contributed by atoms with Crippen molar-refractivity contribution in [2.24, 2.45) is 0 Å². The fraction of sp³-hybridized carbons (Fsp3) is 0.429. The number of nitrogens with one attached hydrogen (secondary N) is 1. The Hall–Kier alpha value is -1.68. The van der Waals surface area contributed by atoms with Crippen molar-refractivity contribution in [3.05, 3.63) is 40.4 Å². The van der Waals surface area contributed by atoms with Crippen LogP contribution in [0.3, 0.4) is 0 Å². The molecule has 1 N–H and O–H groups in total. The number of H-pyrrole nitrogens is 1. The van der Waals surface area contributed by atoms with Crippen LogP contribution in [0.1, 0.15) is 32.6 Å². The van der Waals surface area contributed by atoms with Crippen molar-refractivity contribution in [3.8, 4) is 0 Å². The van der Waals surface area contributed by atoms with Gasteiger partial charge in [0, 0.05) is 0 Å². The highest BCUT2D eigenvalue weighted by molar-refractivity contribution is 5.77. The molecule has 18 heavy (non-hydrogen) atoms. The summed E-state index contributed by atoms with van der Waals surface area (Å²) in [6, 6.07) is 7.56. The molecule has 1 aromatic heterocycles. The molecule has 0 fully saturated rings. The second-order valence-corrected chi connectivity index (χ2v) is 4.37. The molecule has 0 aliphatic heterocycles. The highest BCUT2D eigenvalue weighted by Gasteiger charge is 2.15. The summed E-state index contributed by atoms with van der Waals surface area (Å²) in [7, 11) is 0. The van der Waals surface area contributed by atoms with E-state index in [-0.39, 0.29) is 11.6 Å². The third-order valence-electron chi connectivity index (χ3n) is 3.39. The third-order valence-corrected chi connectivity index (χ3v) is 3.39. The topological polar surface area (TPSA) is 49.0 Å². The van der Waals surface area contributed by atoms with Gasteiger partial charge < -0.3 is 4.98 Å². The number of hydrogen-bond donors (Lipinski definition) is 1. The highest BCUT2D eigenvalue weighted by atomic mass is 16.1. The van der Waals surface area contributed by atoms with E-state index in [0.29, 0.717) is 5.39 Å². The lowest BCUT2D eigenvalue weighted by atomic mass is 10.2. The maximum absolute atomic E-state index is 12.0. The Kier molecular flexibility index (Phi) is 3.77. The first-order valence-corrected chi connectivity index (χ1v) is 6.40. The normalized spacial score (nSPS) is 13.1. The Labute approximate surface area is 107 Å². The molecular weight excluding hydrogens is 226 g/mol. The highest BCUT2D eigenvalue weighted by Crippen LogP contribution is 2.16. The van der Waals surface area contributed by atoms with Gasteiger partial charge >= 0.3 is 0 Å². The fourth-order valence-electron chi connectivity index (χ4n) is 2.25. The van der Waals surface area contributed by atoms with Crippen molar-refractivity contribution in [3.63, 3.8) is 0 Å². The first-order chi connectivity index (χ1) is 8.67. The quantitative estimate of drug-likeness (QED) is 0.899. The van der Waals surface area contributed by atoms with Crippen molar-refractivity contribution in [1.82, 2.24) is 14.9 Å². The Balaban J connectivity index is 2.49. The van der Waals surface area contributed by atoms with Crippen molar-refractivity contribution in [1.29, 1.82) is 0 Å². The molecule has 1 atom stereocenters. The van der Waals surface area contributed by atoms with Crippen LogP contribution >= 0.6 is 0 Å². The standard InChI is InChI=1S/C14H19N3O/c1-4-17(5-2)10(3)13-15-12-9-7-6-8-11(12)14(18)16-13/h6-10H,4-5H2,1-3H3,(H,15,16,18)/t10-/m1/s1. The number of para-hydroxylation sites is 1. The van der Waals surface area contributed by atoms with Gasteiger partial charge in [0.25, 0.3) is 5.56 Å². The first-order valence-electron chi connectivity index (χ1n) is 6.40. The number of rotatable bonds is 4. The van der Waals surface area contributed by atoms with Crippen molar-refractivity contribution < 1.29 is 0 Å². The molecule has 0 saturated heterocycles. The second kappa shape index (κ2) is 5.31. The summed E-state index contributed by atoms with van der Waals surface area (Å²) in [5, 5.41) is 0.646. The van der Waals surface area contributed by atoms with Gasteiger partial charge in [-0.25, -0.2) is 4.98 Å². The Morgan fingerprint density at radius 1 is 1.28 bits per heavy atom. The van der Waals surface area contributed by atoms with Crippen LogP contribution in [0.5, 0.6) is 0 Å². The van der Waals surface area contributed by atoms with E-state index >= 15 is 0 Å². The van der Waals surface area contributed by atoms with E-state index in [2.05, 4.69) is 35.6 Å². The van der Waals surface area contributed by atoms with E-state index in [4.69, 9.17) is 0 Å². The van der Waals surface area contributed by atoms with Crippen LogP contribution in [0.4, 0.5) is 0 Å². The zero-order valence-electron chi connectivity index (χ0n) is 11.1. The van der Waals surface area contributed by atoms with E-state index in [1.807, 2.05) is 18.2 Å². The van der Waals surface area contributed by atoms with Crippen LogP contribution in [0.15, 0.2) is 29.1 Å². The molecule has 1 heterocycles. The monoisotopic (exact) mass is 245 g/mol. The summed E-state index contributed by atoms with van der Waals surface area (Å²) in [4.78, 5) is 21.7. The average Bonchev–Trinajstić information content (AvgIpc) is 2.40. The van der Waals surface area contributed by atoms with E-state index in [1.54, 1.807) is 6.07 Å². The van der Waals surface area contributed by atoms with Gasteiger partial charge in [0.15, 0.2) is 0 Å². The molecule has 2 rings (SSSR count). The average molecular weight is 245 g/mol. The van der Waals surface area contributed by atoms with Gasteiger partial charge in [-0.1, -0.05) is 26.0 Å². The molecule has 0 spiro atoms. The second-order valence-electron chi connectivity index (χ2n) is 4.37. The molecule has 96 valence electrons. The molecule has 0 amide bonds. The maximum atomic E-state index is 12.0. The molecule has 2 aromatic rings. The number of nitrogens with zero attached hydrogens (tertiary/aromatic N) is 2. The van der Waals surface area contributed by atoms with E-state index < -0.39 is 0 Å². The smallest absolute Gasteiger partial charge is 0.258 e. The summed E-state index contributed by atoms with van der Waals surface area (Å²) in [6.45, 7) is 8.17. The third kappa shape index (κ3) is 2.29. The summed E-state index contributed by atoms with van der Waals surface area (Å²) < 4.78 is 0. The zero-order valence-corrected chi connectivity index (χ0v) is 11.1. The summed E-state index contributed by atoms with van der Waals surface area (Å²) >= 11 is 0. The predicted octanol–water partition coefficient (Wildman–Crippen LogP) is 2.33. The van der Waals surface area contributed by atoms with Gasteiger partial charge in [-0.05, 0) is 32.1 Å². The summed E-state index contributed by atoms with van der Waals surface area (Å²) in [6.07, 6.45) is 0. The molecule has 0 aliphatic rings. The molecule has 4 heteroatoms.